The van der Waals surface area contributed by atoms with E-state index in [2.05, 4.69) is 23.9 Å². The van der Waals surface area contributed by atoms with Crippen molar-refractivity contribution >= 4 is 23.5 Å². The van der Waals surface area contributed by atoms with Gasteiger partial charge in [-0.25, -0.2) is 4.98 Å². The molecule has 0 atom stereocenters. The number of aromatic nitrogens is 3. The molecule has 0 aliphatic rings. The molecule has 0 bridgehead atoms. The number of rotatable bonds is 4. The van der Waals surface area contributed by atoms with Crippen molar-refractivity contribution in [2.24, 2.45) is 0 Å². The lowest BCUT2D eigenvalue weighted by molar-refractivity contribution is 0.851. The summed E-state index contributed by atoms with van der Waals surface area (Å²) in [6, 6.07) is 9.70. The van der Waals surface area contributed by atoms with Gasteiger partial charge in [0.25, 0.3) is 5.56 Å². The Hall–Kier alpha value is -2.40. The second-order valence-corrected chi connectivity index (χ2v) is 6.22. The van der Waals surface area contributed by atoms with Crippen LogP contribution < -0.4 is 5.56 Å². The molecule has 112 valence electrons. The summed E-state index contributed by atoms with van der Waals surface area (Å²) >= 11 is 1.65. The zero-order chi connectivity index (χ0) is 15.5. The quantitative estimate of drug-likeness (QED) is 0.794. The minimum atomic E-state index is -0.112. The fourth-order valence-electron chi connectivity index (χ4n) is 2.07. The maximum atomic E-state index is 12.0. The monoisotopic (exact) mass is 311 g/mol. The van der Waals surface area contributed by atoms with Gasteiger partial charge in [-0.3, -0.25) is 14.6 Å². The smallest absolute Gasteiger partial charge is 0.267 e. The maximum absolute atomic E-state index is 12.0. The molecule has 0 saturated heterocycles. The Bertz CT molecular complexity index is 840. The van der Waals surface area contributed by atoms with Crippen molar-refractivity contribution < 1.29 is 0 Å². The van der Waals surface area contributed by atoms with Crippen molar-refractivity contribution in [3.8, 4) is 5.69 Å². The molecule has 0 amide bonds. The minimum absolute atomic E-state index is 0.112. The standard InChI is InChI=1S/C17H17N3OS/c1-12(2)17-18-14(11-22-17)9-8-13-10-20(19-16(13)21)15-6-4-3-5-7-15/h3-12H,1-2H3,(H,19,21). The number of para-hydroxylation sites is 1. The molecule has 0 aliphatic heterocycles. The highest BCUT2D eigenvalue weighted by Gasteiger charge is 2.05. The number of H-pyrrole nitrogens is 1. The summed E-state index contributed by atoms with van der Waals surface area (Å²) in [6.07, 6.45) is 5.48. The van der Waals surface area contributed by atoms with E-state index in [-0.39, 0.29) is 5.56 Å². The van der Waals surface area contributed by atoms with E-state index in [0.717, 1.165) is 16.4 Å². The van der Waals surface area contributed by atoms with E-state index in [1.54, 1.807) is 28.3 Å². The van der Waals surface area contributed by atoms with Crippen LogP contribution in [0.15, 0.2) is 46.7 Å². The van der Waals surface area contributed by atoms with Crippen molar-refractivity contribution in [2.45, 2.75) is 19.8 Å². The molecule has 0 saturated carbocycles. The number of benzene rings is 1. The normalized spacial score (nSPS) is 11.6. The summed E-state index contributed by atoms with van der Waals surface area (Å²) in [7, 11) is 0. The van der Waals surface area contributed by atoms with Crippen molar-refractivity contribution in [1.29, 1.82) is 0 Å². The maximum Gasteiger partial charge on any atom is 0.271 e. The second-order valence-electron chi connectivity index (χ2n) is 5.33. The van der Waals surface area contributed by atoms with E-state index in [1.807, 2.05) is 41.8 Å². The SMILES string of the molecule is CC(C)c1nc(C=Cc2cn(-c3ccccc3)[nH]c2=O)cs1. The van der Waals surface area contributed by atoms with Gasteiger partial charge in [0, 0.05) is 17.5 Å². The van der Waals surface area contributed by atoms with Gasteiger partial charge in [0.05, 0.1) is 22.0 Å². The Morgan fingerprint density at radius 2 is 2.00 bits per heavy atom. The van der Waals surface area contributed by atoms with Crippen LogP contribution in [0.25, 0.3) is 17.8 Å². The molecule has 2 aromatic heterocycles. The lowest BCUT2D eigenvalue weighted by atomic mass is 10.2. The molecule has 1 aromatic carbocycles. The first-order valence-corrected chi connectivity index (χ1v) is 8.02. The van der Waals surface area contributed by atoms with Gasteiger partial charge in [0.2, 0.25) is 0 Å². The zero-order valence-electron chi connectivity index (χ0n) is 12.5. The van der Waals surface area contributed by atoms with Crippen LogP contribution in [-0.4, -0.2) is 14.8 Å². The number of nitrogens with one attached hydrogen (secondary N) is 1. The lowest BCUT2D eigenvalue weighted by Gasteiger charge is -1.99. The summed E-state index contributed by atoms with van der Waals surface area (Å²) < 4.78 is 1.72. The lowest BCUT2D eigenvalue weighted by Crippen LogP contribution is -2.04. The van der Waals surface area contributed by atoms with Crippen molar-refractivity contribution in [3.05, 3.63) is 68.5 Å². The molecule has 0 aliphatic carbocycles. The van der Waals surface area contributed by atoms with Gasteiger partial charge in [0.1, 0.15) is 0 Å². The first-order valence-electron chi connectivity index (χ1n) is 7.14. The molecule has 2 heterocycles. The van der Waals surface area contributed by atoms with Crippen LogP contribution in [0.4, 0.5) is 0 Å². The molecule has 1 N–H and O–H groups in total. The summed E-state index contributed by atoms with van der Waals surface area (Å²) in [5.74, 6) is 0.426. The van der Waals surface area contributed by atoms with Crippen LogP contribution in [0.1, 0.15) is 36.0 Å². The highest BCUT2D eigenvalue weighted by molar-refractivity contribution is 7.09. The van der Waals surface area contributed by atoms with E-state index in [1.165, 1.54) is 0 Å². The number of aromatic amines is 1. The molecule has 3 rings (SSSR count). The molecule has 4 nitrogen and oxygen atoms in total. The second kappa shape index (κ2) is 6.15. The van der Waals surface area contributed by atoms with Crippen molar-refractivity contribution in [3.63, 3.8) is 0 Å². The summed E-state index contributed by atoms with van der Waals surface area (Å²) in [4.78, 5) is 16.5. The largest absolute Gasteiger partial charge is 0.271 e. The molecule has 0 radical (unpaired) electrons. The van der Waals surface area contributed by atoms with E-state index < -0.39 is 0 Å². The van der Waals surface area contributed by atoms with E-state index in [0.29, 0.717) is 11.5 Å². The highest BCUT2D eigenvalue weighted by Crippen LogP contribution is 2.20. The van der Waals surface area contributed by atoms with Gasteiger partial charge < -0.3 is 0 Å². The predicted octanol–water partition coefficient (Wildman–Crippen LogP) is 3.92. The number of hydrogen-bond donors (Lipinski definition) is 1. The van der Waals surface area contributed by atoms with E-state index in [9.17, 15) is 4.79 Å². The van der Waals surface area contributed by atoms with Gasteiger partial charge in [-0.15, -0.1) is 11.3 Å². The highest BCUT2D eigenvalue weighted by atomic mass is 32.1. The Kier molecular flexibility index (Phi) is 4.06. The van der Waals surface area contributed by atoms with Crippen LogP contribution in [0, 0.1) is 0 Å². The third-order valence-electron chi connectivity index (χ3n) is 3.25. The molecule has 0 spiro atoms. The van der Waals surface area contributed by atoms with Crippen LogP contribution in [0.2, 0.25) is 0 Å². The summed E-state index contributed by atoms with van der Waals surface area (Å²) in [5, 5.41) is 5.93. The molecule has 3 aromatic rings. The van der Waals surface area contributed by atoms with Gasteiger partial charge >= 0.3 is 0 Å². The van der Waals surface area contributed by atoms with Crippen LogP contribution in [-0.2, 0) is 0 Å². The van der Waals surface area contributed by atoms with E-state index in [4.69, 9.17) is 0 Å². The predicted molar refractivity (Wildman–Crippen MR) is 91.5 cm³/mol. The molecule has 22 heavy (non-hydrogen) atoms. The van der Waals surface area contributed by atoms with Gasteiger partial charge in [-0.1, -0.05) is 32.0 Å². The Labute approximate surface area is 132 Å². The Balaban J connectivity index is 1.85. The molecule has 5 heteroatoms. The van der Waals surface area contributed by atoms with Gasteiger partial charge in [0.15, 0.2) is 0 Å². The number of thiazole rings is 1. The topological polar surface area (TPSA) is 50.7 Å². The molecule has 0 unspecified atom stereocenters. The van der Waals surface area contributed by atoms with Crippen LogP contribution in [0.3, 0.4) is 0 Å². The Morgan fingerprint density at radius 3 is 2.68 bits per heavy atom. The first-order chi connectivity index (χ1) is 10.6. The minimum Gasteiger partial charge on any atom is -0.267 e. The molecule has 0 fully saturated rings. The van der Waals surface area contributed by atoms with Crippen LogP contribution >= 0.6 is 11.3 Å². The number of hydrogen-bond acceptors (Lipinski definition) is 3. The number of nitrogens with zero attached hydrogens (tertiary/aromatic N) is 2. The Morgan fingerprint density at radius 1 is 1.23 bits per heavy atom. The first kappa shape index (κ1) is 14.5. The molecular weight excluding hydrogens is 294 g/mol. The van der Waals surface area contributed by atoms with Gasteiger partial charge in [-0.2, -0.15) is 0 Å². The zero-order valence-corrected chi connectivity index (χ0v) is 13.3. The fourth-order valence-corrected chi connectivity index (χ4v) is 2.87. The van der Waals surface area contributed by atoms with Crippen LogP contribution in [0.5, 0.6) is 0 Å². The van der Waals surface area contributed by atoms with Gasteiger partial charge in [-0.05, 0) is 24.3 Å². The molecular formula is C17H17N3OS. The third kappa shape index (κ3) is 3.09. The fraction of sp³-hybridized carbons (Fsp3) is 0.176. The third-order valence-corrected chi connectivity index (χ3v) is 4.42. The van der Waals surface area contributed by atoms with Crippen molar-refractivity contribution in [2.75, 3.05) is 0 Å². The average molecular weight is 311 g/mol. The summed E-state index contributed by atoms with van der Waals surface area (Å²) in [5.41, 5.74) is 2.32. The van der Waals surface area contributed by atoms with E-state index >= 15 is 0 Å². The summed E-state index contributed by atoms with van der Waals surface area (Å²) in [6.45, 7) is 4.24. The average Bonchev–Trinajstić information content (AvgIpc) is 3.13. The van der Waals surface area contributed by atoms with Crippen molar-refractivity contribution in [1.82, 2.24) is 14.8 Å².